The number of nitro groups is 1. The number of nitrogens with zero attached hydrogens (tertiary/aromatic N) is 2. The topological polar surface area (TPSA) is 65.1 Å². The van der Waals surface area contributed by atoms with Crippen molar-refractivity contribution in [2.45, 2.75) is 32.0 Å². The van der Waals surface area contributed by atoms with Crippen molar-refractivity contribution < 1.29 is 18.1 Å². The molecule has 9 heteroatoms. The third-order valence-electron chi connectivity index (χ3n) is 2.34. The van der Waals surface area contributed by atoms with Crippen molar-refractivity contribution in [2.24, 2.45) is 0 Å². The number of aryl methyl sites for hydroxylation is 1. The highest BCUT2D eigenvalue weighted by molar-refractivity contribution is 9.10. The second-order valence-corrected chi connectivity index (χ2v) is 4.79. The Bertz CT molecular complexity index is 528. The number of unbranched alkanes of at least 4 members (excludes halogenated alkanes) is 1. The number of hydrogen-bond acceptors (Lipinski definition) is 3. The molecule has 19 heavy (non-hydrogen) atoms. The first kappa shape index (κ1) is 15.7. The van der Waals surface area contributed by atoms with E-state index in [4.69, 9.17) is 0 Å². The summed E-state index contributed by atoms with van der Waals surface area (Å²) in [6.45, 7) is 0.00912. The second-order valence-electron chi connectivity index (χ2n) is 3.87. The average molecular weight is 343 g/mol. The van der Waals surface area contributed by atoms with Gasteiger partial charge in [0.15, 0.2) is 0 Å². The van der Waals surface area contributed by atoms with E-state index in [2.05, 4.69) is 15.9 Å². The number of aromatic nitrogens is 1. The van der Waals surface area contributed by atoms with E-state index in [1.165, 1.54) is 6.20 Å². The van der Waals surface area contributed by atoms with Gasteiger partial charge in [-0.1, -0.05) is 0 Å². The van der Waals surface area contributed by atoms with Crippen LogP contribution >= 0.6 is 15.9 Å². The standard InChI is InChI=1S/C10H10BrF3N2O3/c11-7-5-8(16(18)19)9(17)15(6-7)4-2-1-3-10(12,13)14/h5-6H,1-4H2. The maximum absolute atomic E-state index is 11.9. The van der Waals surface area contributed by atoms with Gasteiger partial charge in [0.1, 0.15) is 0 Å². The van der Waals surface area contributed by atoms with Gasteiger partial charge >= 0.3 is 17.4 Å². The van der Waals surface area contributed by atoms with E-state index in [0.29, 0.717) is 4.47 Å². The Morgan fingerprint density at radius 3 is 2.53 bits per heavy atom. The van der Waals surface area contributed by atoms with Gasteiger partial charge in [-0.3, -0.25) is 14.9 Å². The molecule has 0 aliphatic carbocycles. The first-order chi connectivity index (χ1) is 8.70. The number of alkyl halides is 3. The van der Waals surface area contributed by atoms with Gasteiger partial charge in [0.25, 0.3) is 0 Å². The van der Waals surface area contributed by atoms with Crippen molar-refractivity contribution in [2.75, 3.05) is 0 Å². The molecule has 0 bridgehead atoms. The van der Waals surface area contributed by atoms with Crippen LogP contribution in [0.2, 0.25) is 0 Å². The van der Waals surface area contributed by atoms with Crippen molar-refractivity contribution >= 4 is 21.6 Å². The van der Waals surface area contributed by atoms with Crippen LogP contribution in [0.5, 0.6) is 0 Å². The van der Waals surface area contributed by atoms with Crippen LogP contribution in [-0.2, 0) is 6.54 Å². The van der Waals surface area contributed by atoms with Gasteiger partial charge < -0.3 is 4.57 Å². The molecule has 0 aromatic carbocycles. The van der Waals surface area contributed by atoms with Gasteiger partial charge in [-0.05, 0) is 28.8 Å². The molecule has 5 nitrogen and oxygen atoms in total. The van der Waals surface area contributed by atoms with Crippen LogP contribution in [-0.4, -0.2) is 15.7 Å². The Balaban J connectivity index is 2.74. The highest BCUT2D eigenvalue weighted by Crippen LogP contribution is 2.22. The van der Waals surface area contributed by atoms with E-state index in [0.717, 1.165) is 10.6 Å². The maximum Gasteiger partial charge on any atom is 0.389 e. The fraction of sp³-hybridized carbons (Fsp3) is 0.500. The Labute approximate surface area is 114 Å². The van der Waals surface area contributed by atoms with Crippen LogP contribution in [0.3, 0.4) is 0 Å². The summed E-state index contributed by atoms with van der Waals surface area (Å²) < 4.78 is 37.2. The average Bonchev–Trinajstić information content (AvgIpc) is 2.26. The lowest BCUT2D eigenvalue weighted by Crippen LogP contribution is -2.22. The quantitative estimate of drug-likeness (QED) is 0.468. The van der Waals surface area contributed by atoms with Gasteiger partial charge in [0, 0.05) is 29.7 Å². The molecule has 0 unspecified atom stereocenters. The zero-order chi connectivity index (χ0) is 14.6. The van der Waals surface area contributed by atoms with Gasteiger partial charge in [-0.15, -0.1) is 0 Å². The molecule has 0 N–H and O–H groups in total. The first-order valence-electron chi connectivity index (χ1n) is 5.32. The maximum atomic E-state index is 11.9. The second kappa shape index (κ2) is 6.18. The van der Waals surface area contributed by atoms with E-state index < -0.39 is 28.8 Å². The summed E-state index contributed by atoms with van der Waals surface area (Å²) in [4.78, 5) is 21.4. The van der Waals surface area contributed by atoms with Crippen LogP contribution in [0, 0.1) is 10.1 Å². The van der Waals surface area contributed by atoms with E-state index >= 15 is 0 Å². The van der Waals surface area contributed by atoms with E-state index in [1.54, 1.807) is 0 Å². The minimum atomic E-state index is -4.23. The number of hydrogen-bond donors (Lipinski definition) is 0. The van der Waals surface area contributed by atoms with Crippen LogP contribution < -0.4 is 5.56 Å². The van der Waals surface area contributed by atoms with Crippen molar-refractivity contribution in [1.82, 2.24) is 4.57 Å². The summed E-state index contributed by atoms with van der Waals surface area (Å²) in [6, 6.07) is 1.06. The molecule has 0 spiro atoms. The Morgan fingerprint density at radius 1 is 1.37 bits per heavy atom. The van der Waals surface area contributed by atoms with Crippen LogP contribution in [0.25, 0.3) is 0 Å². The largest absolute Gasteiger partial charge is 0.389 e. The van der Waals surface area contributed by atoms with Crippen molar-refractivity contribution in [3.05, 3.63) is 37.2 Å². The molecule has 0 aliphatic heterocycles. The fourth-order valence-corrected chi connectivity index (χ4v) is 1.95. The highest BCUT2D eigenvalue weighted by Gasteiger charge is 2.26. The van der Waals surface area contributed by atoms with Crippen LogP contribution in [0.1, 0.15) is 19.3 Å². The fourth-order valence-electron chi connectivity index (χ4n) is 1.49. The van der Waals surface area contributed by atoms with E-state index in [1.807, 2.05) is 0 Å². The Hall–Kier alpha value is -1.38. The van der Waals surface area contributed by atoms with Gasteiger partial charge in [-0.2, -0.15) is 13.2 Å². The SMILES string of the molecule is O=c1c([N+](=O)[O-])cc(Br)cn1CCCCC(F)(F)F. The molecule has 0 radical (unpaired) electrons. The van der Waals surface area contributed by atoms with Crippen molar-refractivity contribution in [3.8, 4) is 0 Å². The predicted molar refractivity (Wildman–Crippen MR) is 65.0 cm³/mol. The molecule has 0 fully saturated rings. The third-order valence-corrected chi connectivity index (χ3v) is 2.77. The minimum absolute atomic E-state index is 0.00912. The molecule has 0 saturated carbocycles. The molecule has 1 rings (SSSR count). The lowest BCUT2D eigenvalue weighted by molar-refractivity contribution is -0.386. The lowest BCUT2D eigenvalue weighted by atomic mass is 10.2. The zero-order valence-corrected chi connectivity index (χ0v) is 11.2. The summed E-state index contributed by atoms with van der Waals surface area (Å²) >= 11 is 3.01. The monoisotopic (exact) mass is 342 g/mol. The highest BCUT2D eigenvalue weighted by atomic mass is 79.9. The molecule has 1 aromatic heterocycles. The molecule has 1 heterocycles. The molecule has 106 valence electrons. The molecular weight excluding hydrogens is 333 g/mol. The molecule has 0 atom stereocenters. The Kier molecular flexibility index (Phi) is 5.10. The van der Waals surface area contributed by atoms with Crippen LogP contribution in [0.4, 0.5) is 18.9 Å². The lowest BCUT2D eigenvalue weighted by Gasteiger charge is -2.08. The normalized spacial score (nSPS) is 11.6. The summed E-state index contributed by atoms with van der Waals surface area (Å²) in [5.74, 6) is 0. The third kappa shape index (κ3) is 5.01. The molecule has 0 amide bonds. The summed E-state index contributed by atoms with van der Waals surface area (Å²) in [5.41, 5.74) is -1.43. The summed E-state index contributed by atoms with van der Waals surface area (Å²) in [5, 5.41) is 10.6. The van der Waals surface area contributed by atoms with E-state index in [9.17, 15) is 28.1 Å². The van der Waals surface area contributed by atoms with E-state index in [-0.39, 0.29) is 19.4 Å². The van der Waals surface area contributed by atoms with Crippen LogP contribution in [0.15, 0.2) is 21.5 Å². The number of pyridine rings is 1. The summed E-state index contributed by atoms with van der Waals surface area (Å²) in [6.07, 6.45) is -3.85. The smallest absolute Gasteiger partial charge is 0.309 e. The summed E-state index contributed by atoms with van der Waals surface area (Å²) in [7, 11) is 0. The number of halogens is 4. The molecule has 0 saturated heterocycles. The zero-order valence-electron chi connectivity index (χ0n) is 9.61. The van der Waals surface area contributed by atoms with Crippen molar-refractivity contribution in [1.29, 1.82) is 0 Å². The minimum Gasteiger partial charge on any atom is -0.309 e. The van der Waals surface area contributed by atoms with Gasteiger partial charge in [-0.25, -0.2) is 0 Å². The van der Waals surface area contributed by atoms with Crippen molar-refractivity contribution in [3.63, 3.8) is 0 Å². The van der Waals surface area contributed by atoms with Gasteiger partial charge in [0.05, 0.1) is 4.92 Å². The number of rotatable bonds is 5. The molecule has 0 aliphatic rings. The predicted octanol–water partition coefficient (Wildman–Crippen LogP) is 3.25. The molecule has 1 aromatic rings. The van der Waals surface area contributed by atoms with Gasteiger partial charge in [0.2, 0.25) is 0 Å². The Morgan fingerprint density at radius 2 is 2.00 bits per heavy atom. The first-order valence-corrected chi connectivity index (χ1v) is 6.11. The molecular formula is C10H10BrF3N2O3.